The van der Waals surface area contributed by atoms with E-state index < -0.39 is 0 Å². The summed E-state index contributed by atoms with van der Waals surface area (Å²) >= 11 is 0. The minimum Gasteiger partial charge on any atom is -0.185 e. The van der Waals surface area contributed by atoms with E-state index in [-0.39, 0.29) is 5.41 Å². The first kappa shape index (κ1) is 22.7. The molecule has 0 heterocycles. The molecule has 0 radical (unpaired) electrons. The van der Waals surface area contributed by atoms with Crippen LogP contribution in [0.3, 0.4) is 0 Å². The Labute approximate surface area is 185 Å². The SMILES string of the molecule is CCCCCCC1(CCCCCC)C2=CC(=NN=N)C=CC2=C2C=CC(=N[N+]#N)C=C21. The molecule has 0 saturated carbocycles. The van der Waals surface area contributed by atoms with E-state index in [2.05, 4.69) is 58.7 Å². The van der Waals surface area contributed by atoms with Gasteiger partial charge in [0, 0.05) is 5.41 Å². The second kappa shape index (κ2) is 10.9. The lowest BCUT2D eigenvalue weighted by Crippen LogP contribution is -2.25. The summed E-state index contributed by atoms with van der Waals surface area (Å²) in [7, 11) is 0. The van der Waals surface area contributed by atoms with Crippen LogP contribution in [0.15, 0.2) is 74.2 Å². The Morgan fingerprint density at radius 3 is 1.87 bits per heavy atom. The van der Waals surface area contributed by atoms with Crippen molar-refractivity contribution in [1.29, 1.82) is 10.9 Å². The molecule has 3 aliphatic carbocycles. The fourth-order valence-electron chi connectivity index (χ4n) is 5.08. The summed E-state index contributed by atoms with van der Waals surface area (Å²) in [6, 6.07) is 0. The van der Waals surface area contributed by atoms with Gasteiger partial charge in [-0.25, -0.2) is 0 Å². The first-order valence-corrected chi connectivity index (χ1v) is 11.6. The summed E-state index contributed by atoms with van der Waals surface area (Å²) in [4.78, 5) is 0. The summed E-state index contributed by atoms with van der Waals surface area (Å²) in [5.41, 5.74) is 13.5. The molecule has 162 valence electrons. The number of fused-ring (bicyclic) bond motifs is 2. The zero-order valence-corrected chi connectivity index (χ0v) is 18.8. The van der Waals surface area contributed by atoms with Crippen molar-refractivity contribution in [3.8, 4) is 0 Å². The molecule has 0 atom stereocenters. The second-order valence-electron chi connectivity index (χ2n) is 8.55. The molecule has 0 saturated heterocycles. The van der Waals surface area contributed by atoms with Crippen LogP contribution >= 0.6 is 0 Å². The number of rotatable bonds is 11. The van der Waals surface area contributed by atoms with Crippen LogP contribution in [0.5, 0.6) is 0 Å². The maximum absolute atomic E-state index is 8.99. The van der Waals surface area contributed by atoms with Gasteiger partial charge >= 0.3 is 5.08 Å². The lowest BCUT2D eigenvalue weighted by atomic mass is 9.67. The second-order valence-corrected chi connectivity index (χ2v) is 8.55. The molecule has 0 aromatic heterocycles. The highest BCUT2D eigenvalue weighted by molar-refractivity contribution is 6.10. The fourth-order valence-corrected chi connectivity index (χ4v) is 5.08. The lowest BCUT2D eigenvalue weighted by Gasteiger charge is -2.36. The maximum Gasteiger partial charge on any atom is 0.339 e. The maximum atomic E-state index is 8.99. The van der Waals surface area contributed by atoms with E-state index in [9.17, 15) is 0 Å². The number of hydrogen-bond donors (Lipinski definition) is 1. The predicted octanol–water partition coefficient (Wildman–Crippen LogP) is 7.81. The molecule has 0 aliphatic heterocycles. The lowest BCUT2D eigenvalue weighted by molar-refractivity contribution is 0.350. The average Bonchev–Trinajstić information content (AvgIpc) is 3.04. The monoisotopic (exact) mass is 417 g/mol. The van der Waals surface area contributed by atoms with Crippen molar-refractivity contribution in [2.24, 2.45) is 20.8 Å². The van der Waals surface area contributed by atoms with Gasteiger partial charge in [0.2, 0.25) is 0 Å². The van der Waals surface area contributed by atoms with Crippen molar-refractivity contribution in [2.75, 3.05) is 0 Å². The Morgan fingerprint density at radius 1 is 0.806 bits per heavy atom. The van der Waals surface area contributed by atoms with Gasteiger partial charge in [-0.15, -0.1) is 5.10 Å². The molecule has 3 aliphatic rings. The largest absolute Gasteiger partial charge is 0.339 e. The van der Waals surface area contributed by atoms with Gasteiger partial charge in [0.1, 0.15) is 0 Å². The van der Waals surface area contributed by atoms with Crippen LogP contribution < -0.4 is 0 Å². The van der Waals surface area contributed by atoms with Gasteiger partial charge in [-0.1, -0.05) is 82.6 Å². The third kappa shape index (κ3) is 4.87. The Morgan fingerprint density at radius 2 is 1.35 bits per heavy atom. The first-order valence-electron chi connectivity index (χ1n) is 11.6. The molecule has 3 rings (SSSR count). The van der Waals surface area contributed by atoms with Crippen molar-refractivity contribution < 1.29 is 0 Å². The van der Waals surface area contributed by atoms with E-state index in [4.69, 9.17) is 10.9 Å². The molecule has 31 heavy (non-hydrogen) atoms. The van der Waals surface area contributed by atoms with Crippen molar-refractivity contribution in [1.82, 2.24) is 0 Å². The van der Waals surface area contributed by atoms with E-state index in [0.29, 0.717) is 5.71 Å². The van der Waals surface area contributed by atoms with E-state index >= 15 is 0 Å². The molecule has 1 N–H and O–H groups in total. The van der Waals surface area contributed by atoms with Gasteiger partial charge in [0.25, 0.3) is 5.39 Å². The summed E-state index contributed by atoms with van der Waals surface area (Å²) in [5, 5.41) is 23.2. The van der Waals surface area contributed by atoms with Crippen molar-refractivity contribution >= 4 is 11.4 Å². The summed E-state index contributed by atoms with van der Waals surface area (Å²) in [6.07, 6.45) is 24.1. The van der Waals surface area contributed by atoms with E-state index in [0.717, 1.165) is 31.4 Å². The van der Waals surface area contributed by atoms with Crippen LogP contribution in [-0.2, 0) is 0 Å². The van der Waals surface area contributed by atoms with Gasteiger partial charge < -0.3 is 0 Å². The average molecular weight is 418 g/mol. The van der Waals surface area contributed by atoms with Gasteiger partial charge in [0.05, 0.1) is 5.71 Å². The Bertz CT molecular complexity index is 937. The van der Waals surface area contributed by atoms with Crippen LogP contribution in [0.1, 0.15) is 78.1 Å². The summed E-state index contributed by atoms with van der Waals surface area (Å²) in [6.45, 7) is 4.48. The molecule has 6 heteroatoms. The molecule has 0 bridgehead atoms. The molecular formula is C25H33N6+. The number of nitrogens with one attached hydrogen (secondary N) is 1. The van der Waals surface area contributed by atoms with Crippen molar-refractivity contribution in [2.45, 2.75) is 78.1 Å². The molecule has 6 nitrogen and oxygen atoms in total. The van der Waals surface area contributed by atoms with Crippen LogP contribution in [0.25, 0.3) is 5.08 Å². The molecular weight excluding hydrogens is 384 g/mol. The topological polar surface area (TPSA) is 89.1 Å². The Balaban J connectivity index is 2.08. The van der Waals surface area contributed by atoms with Crippen LogP contribution in [0.2, 0.25) is 0 Å². The Kier molecular flexibility index (Phi) is 8.00. The molecule has 0 aromatic rings. The zero-order valence-electron chi connectivity index (χ0n) is 18.8. The number of diazo groups is 1. The standard InChI is InChI=1S/C25H33N6/c1-3-5-7-9-15-25(16-10-8-6-4-2)23-17-19(28-30-26)11-13-21(23)22-14-12-20(29-31-27)18-24(22)25/h11-14,17-18,26H,3-10,15-16H2,1-2H3/q+1. The molecule has 0 aromatic carbocycles. The van der Waals surface area contributed by atoms with Crippen molar-refractivity contribution in [3.05, 3.63) is 63.8 Å². The van der Waals surface area contributed by atoms with Crippen LogP contribution in [0, 0.1) is 16.3 Å². The molecule has 0 unspecified atom stereocenters. The van der Waals surface area contributed by atoms with Gasteiger partial charge in [-0.3, -0.25) is 0 Å². The highest BCUT2D eigenvalue weighted by atomic mass is 15.3. The molecule has 0 amide bonds. The minimum absolute atomic E-state index is 0.110. The van der Waals surface area contributed by atoms with Crippen molar-refractivity contribution in [3.63, 3.8) is 0 Å². The summed E-state index contributed by atoms with van der Waals surface area (Å²) in [5.74, 6) is 0. The third-order valence-corrected chi connectivity index (χ3v) is 6.57. The first-order chi connectivity index (χ1) is 15.2. The van der Waals surface area contributed by atoms with E-state index in [1.165, 1.54) is 60.8 Å². The number of nitrogens with zero attached hydrogens (tertiary/aromatic N) is 5. The third-order valence-electron chi connectivity index (χ3n) is 6.57. The molecule has 0 spiro atoms. The fraction of sp³-hybridized carbons (Fsp3) is 0.520. The highest BCUT2D eigenvalue weighted by Gasteiger charge is 2.46. The normalized spacial score (nSPS) is 21.1. The highest BCUT2D eigenvalue weighted by Crippen LogP contribution is 2.58. The smallest absolute Gasteiger partial charge is 0.185 e. The van der Waals surface area contributed by atoms with Gasteiger partial charge in [-0.2, -0.15) is 5.53 Å². The zero-order chi connectivity index (χ0) is 22.1. The minimum atomic E-state index is -0.110. The quantitative estimate of drug-likeness (QED) is 0.158. The molecule has 0 fully saturated rings. The number of unbranched alkanes of at least 4 members (excludes halogenated alkanes) is 6. The van der Waals surface area contributed by atoms with E-state index in [1.807, 2.05) is 12.2 Å². The van der Waals surface area contributed by atoms with Crippen LogP contribution in [-0.4, -0.2) is 11.4 Å². The van der Waals surface area contributed by atoms with Crippen LogP contribution in [0.4, 0.5) is 0 Å². The van der Waals surface area contributed by atoms with E-state index in [1.54, 1.807) is 0 Å². The number of hydrogen-bond acceptors (Lipinski definition) is 4. The predicted molar refractivity (Wildman–Crippen MR) is 127 cm³/mol. The number of allylic oxidation sites excluding steroid dienone is 10. The Hall–Kier alpha value is -2.94. The summed E-state index contributed by atoms with van der Waals surface area (Å²) < 4.78 is 0. The van der Waals surface area contributed by atoms with Gasteiger partial charge in [-0.05, 0) is 59.4 Å². The van der Waals surface area contributed by atoms with Gasteiger partial charge in [0.15, 0.2) is 10.8 Å².